The Morgan fingerprint density at radius 1 is 1.62 bits per heavy atom. The smallest absolute Gasteiger partial charge is 0.410 e. The number of aliphatic hydroxyl groups excluding tert-OH is 2. The van der Waals surface area contributed by atoms with Crippen LogP contribution in [0.2, 0.25) is 0 Å². The predicted octanol–water partition coefficient (Wildman–Crippen LogP) is -2.92. The van der Waals surface area contributed by atoms with Gasteiger partial charge >= 0.3 is 16.6 Å². The average molecular weight is 138 g/mol. The lowest BCUT2D eigenvalue weighted by Gasteiger charge is -2.03. The van der Waals surface area contributed by atoms with Crippen molar-refractivity contribution in [1.29, 1.82) is 0 Å². The van der Waals surface area contributed by atoms with Crippen LogP contribution in [0.4, 0.5) is 0 Å². The molecule has 0 radical (unpaired) electrons. The van der Waals surface area contributed by atoms with Crippen molar-refractivity contribution in [2.24, 2.45) is 0 Å². The summed E-state index contributed by atoms with van der Waals surface area (Å²) in [7, 11) is 0. The molecule has 0 rings (SSSR count). The maximum atomic E-state index is 8.51. The molecule has 5 heteroatoms. The Hall–Kier alpha value is 0.372. The highest BCUT2D eigenvalue weighted by Gasteiger charge is 1.95. The molecule has 0 aromatic carbocycles. The van der Waals surface area contributed by atoms with E-state index in [-0.39, 0.29) is 18.7 Å². The summed E-state index contributed by atoms with van der Waals surface area (Å²) in [6.07, 6.45) is -0.683. The molecule has 0 heterocycles. The molecule has 0 spiro atoms. The maximum Gasteiger partial charge on any atom is 0.410 e. The van der Waals surface area contributed by atoms with E-state index >= 15 is 0 Å². The monoisotopic (exact) mass is 138 g/mol. The second kappa shape index (κ2) is 7.37. The third kappa shape index (κ3) is 6.37. The van der Waals surface area contributed by atoms with Gasteiger partial charge in [0.25, 0.3) is 0 Å². The van der Waals surface area contributed by atoms with E-state index in [1.165, 1.54) is 0 Å². The number of hydrogen-bond acceptors (Lipinski definition) is 3. The van der Waals surface area contributed by atoms with Gasteiger partial charge in [-0.3, -0.25) is 0 Å². The van der Waals surface area contributed by atoms with Gasteiger partial charge in [-0.2, -0.15) is 0 Å². The lowest BCUT2D eigenvalue weighted by molar-refractivity contribution is 0.0565. The molecule has 1 atom stereocenters. The van der Waals surface area contributed by atoms with E-state index in [9.17, 15) is 0 Å². The summed E-state index contributed by atoms with van der Waals surface area (Å²) in [5.41, 5.74) is 0. The molecule has 0 aromatic heterocycles. The van der Waals surface area contributed by atoms with Gasteiger partial charge in [0.1, 0.15) is 0 Å². The van der Waals surface area contributed by atoms with E-state index in [0.29, 0.717) is 16.6 Å². The standard InChI is InChI=1S/C3H7O3.Al.H2O.2H/c4-1-3(6)2-5;;;;/h3-4,6H,1-2H2;;1H2;;/q-1;+1;;;. The normalized spacial score (nSPS) is 12.2. The molecule has 0 aliphatic heterocycles. The van der Waals surface area contributed by atoms with Crippen molar-refractivity contribution in [1.82, 2.24) is 0 Å². The van der Waals surface area contributed by atoms with Crippen molar-refractivity contribution in [3.63, 3.8) is 0 Å². The summed E-state index contributed by atoms with van der Waals surface area (Å²) in [5, 5.41) is 16.7. The fourth-order valence-electron chi connectivity index (χ4n) is 0.245. The largest absolute Gasteiger partial charge is 0.504 e. The number of rotatable bonds is 3. The van der Waals surface area contributed by atoms with Crippen molar-refractivity contribution in [3.05, 3.63) is 0 Å². The van der Waals surface area contributed by atoms with Gasteiger partial charge in [-0.1, -0.05) is 0 Å². The number of aliphatic hydroxyl groups is 2. The van der Waals surface area contributed by atoms with Gasteiger partial charge in [0, 0.05) is 6.61 Å². The van der Waals surface area contributed by atoms with E-state index in [1.807, 2.05) is 0 Å². The molecule has 8 heavy (non-hydrogen) atoms. The number of hydrogen-bond donors (Lipinski definition) is 2. The first-order valence-electron chi connectivity index (χ1n) is 2.09. The molecule has 0 fully saturated rings. The van der Waals surface area contributed by atoms with E-state index in [4.69, 9.17) is 10.2 Å². The first-order valence-corrected chi connectivity index (χ1v) is 2.90. The Morgan fingerprint density at radius 3 is 2.25 bits per heavy atom. The zero-order valence-corrected chi connectivity index (χ0v) is 6.79. The Morgan fingerprint density at radius 2 is 2.12 bits per heavy atom. The molecule has 0 amide bonds. The summed E-state index contributed by atoms with van der Waals surface area (Å²) in [5.74, 6) is 0. The van der Waals surface area contributed by atoms with Crippen molar-refractivity contribution >= 4 is 16.6 Å². The molecule has 0 bridgehead atoms. The van der Waals surface area contributed by atoms with Crippen LogP contribution in [0.25, 0.3) is 0 Å². The Kier molecular flexibility index (Phi) is 10.3. The van der Waals surface area contributed by atoms with E-state index in [1.54, 1.807) is 0 Å². The summed E-state index contributed by atoms with van der Waals surface area (Å²) in [4.78, 5) is 0. The lowest BCUT2D eigenvalue weighted by atomic mass is 10.4. The molecule has 4 N–H and O–H groups in total. The van der Waals surface area contributed by atoms with Crippen LogP contribution in [0.15, 0.2) is 0 Å². The van der Waals surface area contributed by atoms with Gasteiger partial charge in [-0.25, -0.2) is 0 Å². The minimum atomic E-state index is -0.683. The Labute approximate surface area is 56.2 Å². The highest BCUT2D eigenvalue weighted by Crippen LogP contribution is 1.77. The molecular formula is C3H11AlO4. The first-order chi connectivity index (χ1) is 3.31. The second-order valence-corrected chi connectivity index (χ2v) is 1.87. The highest BCUT2D eigenvalue weighted by atomic mass is 27.1. The molecule has 0 saturated carbocycles. The molecule has 4 nitrogen and oxygen atoms in total. The van der Waals surface area contributed by atoms with Gasteiger partial charge in [0.05, 0.1) is 12.7 Å². The quantitative estimate of drug-likeness (QED) is 0.410. The molecule has 0 aliphatic rings. The van der Waals surface area contributed by atoms with Gasteiger partial charge in [0.2, 0.25) is 0 Å². The van der Waals surface area contributed by atoms with Crippen LogP contribution in [-0.4, -0.2) is 51.6 Å². The van der Waals surface area contributed by atoms with Crippen LogP contribution >= 0.6 is 0 Å². The summed E-state index contributed by atoms with van der Waals surface area (Å²) < 4.78 is 4.62. The summed E-state index contributed by atoms with van der Waals surface area (Å²) >= 11 is 0.620. The van der Waals surface area contributed by atoms with Crippen molar-refractivity contribution in [2.45, 2.75) is 6.10 Å². The van der Waals surface area contributed by atoms with Crippen LogP contribution in [0.5, 0.6) is 0 Å². The molecule has 0 aromatic rings. The van der Waals surface area contributed by atoms with Crippen molar-refractivity contribution < 1.29 is 19.5 Å². The van der Waals surface area contributed by atoms with Crippen molar-refractivity contribution in [2.75, 3.05) is 13.2 Å². The molecule has 0 saturated heterocycles. The minimum absolute atomic E-state index is 0. The lowest BCUT2D eigenvalue weighted by Crippen LogP contribution is -2.18. The van der Waals surface area contributed by atoms with E-state index in [0.717, 1.165) is 0 Å². The van der Waals surface area contributed by atoms with E-state index in [2.05, 4.69) is 3.79 Å². The first kappa shape index (κ1) is 11.2. The van der Waals surface area contributed by atoms with Gasteiger partial charge < -0.3 is 19.5 Å². The highest BCUT2D eigenvalue weighted by molar-refractivity contribution is 5.97. The summed E-state index contributed by atoms with van der Waals surface area (Å²) in [6.45, 7) is 0.0605. The van der Waals surface area contributed by atoms with Gasteiger partial charge in [0.15, 0.2) is 0 Å². The van der Waals surface area contributed by atoms with Crippen LogP contribution in [0, 0.1) is 0 Å². The van der Waals surface area contributed by atoms with Crippen LogP contribution < -0.4 is 0 Å². The zero-order valence-electron chi connectivity index (χ0n) is 4.79. The van der Waals surface area contributed by atoms with E-state index < -0.39 is 6.10 Å². The SMILES string of the molecule is O.OCC(O)C[O][AlH2]. The van der Waals surface area contributed by atoms with Crippen molar-refractivity contribution in [3.8, 4) is 0 Å². The molecule has 50 valence electrons. The van der Waals surface area contributed by atoms with Gasteiger partial charge in [-0.05, 0) is 0 Å². The zero-order chi connectivity index (χ0) is 5.70. The molecule has 1 unspecified atom stereocenters. The fourth-order valence-corrected chi connectivity index (χ4v) is 0.630. The fraction of sp³-hybridized carbons (Fsp3) is 1.00. The molecule has 0 aliphatic carbocycles. The van der Waals surface area contributed by atoms with Crippen LogP contribution in [-0.2, 0) is 3.79 Å². The summed E-state index contributed by atoms with van der Waals surface area (Å²) in [6, 6.07) is 0. The Balaban J connectivity index is 0. The predicted molar refractivity (Wildman–Crippen MR) is 31.2 cm³/mol. The topological polar surface area (TPSA) is 81.2 Å². The average Bonchev–Trinajstić information content (AvgIpc) is 1.68. The third-order valence-electron chi connectivity index (χ3n) is 0.570. The second-order valence-electron chi connectivity index (χ2n) is 1.29. The Bertz CT molecular complexity index is 42.3. The maximum absolute atomic E-state index is 8.51. The minimum Gasteiger partial charge on any atom is -0.504 e. The van der Waals surface area contributed by atoms with Crippen LogP contribution in [0.1, 0.15) is 0 Å². The molecular weight excluding hydrogens is 127 g/mol. The third-order valence-corrected chi connectivity index (χ3v) is 0.903. The van der Waals surface area contributed by atoms with Crippen LogP contribution in [0.3, 0.4) is 0 Å². The van der Waals surface area contributed by atoms with Gasteiger partial charge in [-0.15, -0.1) is 0 Å².